The van der Waals surface area contributed by atoms with Gasteiger partial charge in [0.05, 0.1) is 6.61 Å². The highest BCUT2D eigenvalue weighted by molar-refractivity contribution is 8.00. The number of hydrogen-bond acceptors (Lipinski definition) is 8. The van der Waals surface area contributed by atoms with Crippen molar-refractivity contribution in [1.29, 1.82) is 0 Å². The molecule has 10 heteroatoms. The highest BCUT2D eigenvalue weighted by Crippen LogP contribution is 2.22. The van der Waals surface area contributed by atoms with Gasteiger partial charge < -0.3 is 34.0 Å². The summed E-state index contributed by atoms with van der Waals surface area (Å²) in [6.45, 7) is 4.38. The maximum absolute atomic E-state index is 9.83. The second kappa shape index (κ2) is 10.5. The zero-order valence-electron chi connectivity index (χ0n) is 14.1. The van der Waals surface area contributed by atoms with Crippen LogP contribution in [0.5, 0.6) is 0 Å². The van der Waals surface area contributed by atoms with Gasteiger partial charge in [-0.2, -0.15) is 11.8 Å². The Kier molecular flexibility index (Phi) is 9.82. The average Bonchev–Trinajstić information content (AvgIpc) is 2.53. The average molecular weight is 387 g/mol. The zero-order valence-corrected chi connectivity index (χ0v) is 17.9. The molecule has 5 atom stereocenters. The van der Waals surface area contributed by atoms with Gasteiger partial charge in [-0.05, 0) is 31.7 Å². The molecule has 1 fully saturated rings. The van der Waals surface area contributed by atoms with E-state index in [-0.39, 0.29) is 0 Å². The quantitative estimate of drug-likeness (QED) is 0.261. The van der Waals surface area contributed by atoms with Crippen molar-refractivity contribution in [2.45, 2.75) is 56.6 Å². The van der Waals surface area contributed by atoms with E-state index in [0.29, 0.717) is 6.61 Å². The van der Waals surface area contributed by atoms with E-state index < -0.39 is 45.6 Å². The smallest absolute Gasteiger partial charge is 0.186 e. The first kappa shape index (κ1) is 21.5. The molecule has 23 heavy (non-hydrogen) atoms. The van der Waals surface area contributed by atoms with E-state index in [9.17, 15) is 15.3 Å². The van der Waals surface area contributed by atoms with Gasteiger partial charge in [0.15, 0.2) is 14.6 Å². The van der Waals surface area contributed by atoms with Crippen LogP contribution in [0.4, 0.5) is 0 Å². The monoisotopic (exact) mass is 386 g/mol. The lowest BCUT2D eigenvalue weighted by molar-refractivity contribution is -0.301. The summed E-state index contributed by atoms with van der Waals surface area (Å²) in [7, 11) is -0.644. The molecule has 7 nitrogen and oxygen atoms in total. The van der Waals surface area contributed by atoms with E-state index in [4.69, 9.17) is 18.7 Å². The topological polar surface area (TPSA) is 109 Å². The lowest BCUT2D eigenvalue weighted by atomic mass is 9.99. The Bertz CT molecular complexity index is 335. The first-order valence-corrected chi connectivity index (χ1v) is 13.0. The lowest BCUT2D eigenvalue weighted by Gasteiger charge is -2.39. The minimum absolute atomic E-state index is 0.390. The number of aliphatic hydroxyl groups is 4. The lowest BCUT2D eigenvalue weighted by Crippen LogP contribution is -2.59. The van der Waals surface area contributed by atoms with Gasteiger partial charge in [0.1, 0.15) is 34.9 Å². The number of thioether (sulfide) groups is 1. The summed E-state index contributed by atoms with van der Waals surface area (Å²) < 4.78 is 16.3. The number of unbranched alkanes of at least 4 members (excludes halogenated alkanes) is 1. The summed E-state index contributed by atoms with van der Waals surface area (Å²) in [5.74, 6) is 1.03. The molecule has 1 aliphatic heterocycles. The van der Waals surface area contributed by atoms with Gasteiger partial charge in [0.25, 0.3) is 0 Å². The van der Waals surface area contributed by atoms with Crippen molar-refractivity contribution < 1.29 is 34.0 Å². The molecule has 1 aliphatic rings. The third-order valence-electron chi connectivity index (χ3n) is 3.82. The van der Waals surface area contributed by atoms with Crippen LogP contribution < -0.4 is 0 Å². The summed E-state index contributed by atoms with van der Waals surface area (Å²) in [5.41, 5.74) is 0. The highest BCUT2D eigenvalue weighted by atomic mass is 32.2. The number of hydrogen-bond donors (Lipinski definition) is 4. The molecular formula is C13H30O7SSi2. The van der Waals surface area contributed by atoms with E-state index in [1.54, 1.807) is 0 Å². The SMILES string of the molecule is C[Si](C)(CSCCCCO[C@@H]1OC(CO)[C@@H](O)[C@H](O)C1O)O[SiH3]. The third-order valence-corrected chi connectivity index (χ3v) is 12.4. The van der Waals surface area contributed by atoms with Crippen LogP contribution in [0.2, 0.25) is 13.1 Å². The van der Waals surface area contributed by atoms with Crippen molar-refractivity contribution in [1.82, 2.24) is 0 Å². The molecule has 138 valence electrons. The predicted molar refractivity (Wildman–Crippen MR) is 94.8 cm³/mol. The maximum Gasteiger partial charge on any atom is 0.186 e. The minimum Gasteiger partial charge on any atom is -0.463 e. The molecule has 0 amide bonds. The largest absolute Gasteiger partial charge is 0.463 e. The summed E-state index contributed by atoms with van der Waals surface area (Å²) in [5, 5.41) is 39.3. The van der Waals surface area contributed by atoms with E-state index in [0.717, 1.165) is 34.5 Å². The molecule has 0 bridgehead atoms. The number of rotatable bonds is 10. The van der Waals surface area contributed by atoms with E-state index in [1.807, 2.05) is 11.8 Å². The number of aliphatic hydroxyl groups excluding tert-OH is 4. The fourth-order valence-electron chi connectivity index (χ4n) is 2.09. The van der Waals surface area contributed by atoms with Crippen molar-refractivity contribution in [3.05, 3.63) is 0 Å². The maximum atomic E-state index is 9.83. The minimum atomic E-state index is -1.44. The van der Waals surface area contributed by atoms with Crippen LogP contribution >= 0.6 is 11.8 Å². The third kappa shape index (κ3) is 7.10. The summed E-state index contributed by atoms with van der Waals surface area (Å²) in [6.07, 6.45) is -4.20. The Labute approximate surface area is 146 Å². The van der Waals surface area contributed by atoms with Crippen molar-refractivity contribution >= 4 is 30.6 Å². The van der Waals surface area contributed by atoms with Crippen LogP contribution in [0.1, 0.15) is 12.8 Å². The Morgan fingerprint density at radius 1 is 1.13 bits per heavy atom. The van der Waals surface area contributed by atoms with E-state index >= 15 is 0 Å². The molecule has 4 N–H and O–H groups in total. The molecule has 1 rings (SSSR count). The van der Waals surface area contributed by atoms with Gasteiger partial charge in [-0.3, -0.25) is 0 Å². The fraction of sp³-hybridized carbons (Fsp3) is 1.00. The molecule has 0 aliphatic carbocycles. The van der Waals surface area contributed by atoms with Crippen LogP contribution in [0.3, 0.4) is 0 Å². The van der Waals surface area contributed by atoms with Gasteiger partial charge in [-0.1, -0.05) is 0 Å². The molecule has 1 heterocycles. The number of ether oxygens (including phenoxy) is 2. The Balaban J connectivity index is 2.17. The molecule has 0 aromatic rings. The highest BCUT2D eigenvalue weighted by Gasteiger charge is 2.43. The summed E-state index contributed by atoms with van der Waals surface area (Å²) >= 11 is 1.89. The molecule has 0 saturated carbocycles. The van der Waals surface area contributed by atoms with E-state index in [1.165, 1.54) is 0 Å². The normalized spacial score (nSPS) is 32.3. The molecular weight excluding hydrogens is 356 g/mol. The molecule has 1 saturated heterocycles. The zero-order chi connectivity index (χ0) is 17.5. The van der Waals surface area contributed by atoms with Crippen LogP contribution in [0.25, 0.3) is 0 Å². The summed E-state index contributed by atoms with van der Waals surface area (Å²) in [6, 6.07) is 0. The Morgan fingerprint density at radius 3 is 2.43 bits per heavy atom. The Hall–Kier alpha value is 0.504. The second-order valence-corrected chi connectivity index (χ2v) is 13.4. The van der Waals surface area contributed by atoms with Crippen LogP contribution in [-0.2, 0) is 13.6 Å². The van der Waals surface area contributed by atoms with Gasteiger partial charge >= 0.3 is 0 Å². The van der Waals surface area contributed by atoms with E-state index in [2.05, 4.69) is 13.1 Å². The van der Waals surface area contributed by atoms with Crippen LogP contribution in [0.15, 0.2) is 0 Å². The molecule has 0 aromatic heterocycles. The first-order valence-electron chi connectivity index (χ1n) is 7.87. The van der Waals surface area contributed by atoms with Crippen molar-refractivity contribution in [3.63, 3.8) is 0 Å². The standard InChI is InChI=1S/C13H30O7SSi2/c1-23(2,20-22)8-21-6-4-3-5-18-13-12(17)11(16)10(15)9(7-14)19-13/h9-17H,3-8H2,1-2,22H3/t9?,10-,11+,12?,13-/m1/s1. The fourth-order valence-corrected chi connectivity index (χ4v) is 6.57. The molecule has 0 spiro atoms. The van der Waals surface area contributed by atoms with Gasteiger partial charge in [-0.25, -0.2) is 0 Å². The van der Waals surface area contributed by atoms with Gasteiger partial charge in [-0.15, -0.1) is 0 Å². The van der Waals surface area contributed by atoms with Crippen LogP contribution in [-0.4, -0.2) is 94.3 Å². The van der Waals surface area contributed by atoms with Crippen molar-refractivity contribution in [2.24, 2.45) is 0 Å². The van der Waals surface area contributed by atoms with Gasteiger partial charge in [0.2, 0.25) is 0 Å². The second-order valence-electron chi connectivity index (χ2n) is 6.29. The first-order chi connectivity index (χ1) is 10.8. The van der Waals surface area contributed by atoms with Crippen LogP contribution in [0, 0.1) is 0 Å². The molecule has 0 aromatic carbocycles. The van der Waals surface area contributed by atoms with Crippen molar-refractivity contribution in [2.75, 3.05) is 24.3 Å². The molecule has 0 radical (unpaired) electrons. The van der Waals surface area contributed by atoms with Crippen molar-refractivity contribution in [3.8, 4) is 0 Å². The summed E-state index contributed by atoms with van der Waals surface area (Å²) in [4.78, 5) is 0. The van der Waals surface area contributed by atoms with Gasteiger partial charge in [0, 0.05) is 12.0 Å². The molecule has 2 unspecified atom stereocenters. The Morgan fingerprint density at radius 2 is 1.83 bits per heavy atom. The predicted octanol–water partition coefficient (Wildman–Crippen LogP) is -1.64.